The Morgan fingerprint density at radius 2 is 2.04 bits per heavy atom. The van der Waals surface area contributed by atoms with E-state index in [4.69, 9.17) is 0 Å². The molecule has 2 heterocycles. The second kappa shape index (κ2) is 7.27. The van der Waals surface area contributed by atoms with Crippen LogP contribution in [0.3, 0.4) is 0 Å². The van der Waals surface area contributed by atoms with Crippen molar-refractivity contribution in [1.82, 2.24) is 14.9 Å². The van der Waals surface area contributed by atoms with Crippen LogP contribution in [-0.4, -0.2) is 21.2 Å². The van der Waals surface area contributed by atoms with Gasteiger partial charge in [-0.3, -0.25) is 14.2 Å². The number of hydrogen-bond acceptors (Lipinski definition) is 4. The van der Waals surface area contributed by atoms with E-state index in [9.17, 15) is 9.59 Å². The summed E-state index contributed by atoms with van der Waals surface area (Å²) in [7, 11) is 0. The molecule has 0 bridgehead atoms. The molecule has 1 amide bonds. The average molecular weight is 372 g/mol. The van der Waals surface area contributed by atoms with Gasteiger partial charge < -0.3 is 5.32 Å². The first kappa shape index (κ1) is 18.7. The molecular weight excluding hydrogens is 346 g/mol. The molecule has 0 radical (unpaired) electrons. The zero-order chi connectivity index (χ0) is 18.9. The van der Waals surface area contributed by atoms with Crippen LogP contribution in [-0.2, 0) is 10.2 Å². The minimum atomic E-state index is -0.171. The van der Waals surface area contributed by atoms with E-state index in [2.05, 4.69) is 10.3 Å². The molecule has 6 heteroatoms. The highest BCUT2D eigenvalue weighted by atomic mass is 32.2. The Labute approximate surface area is 158 Å². The third kappa shape index (κ3) is 4.01. The van der Waals surface area contributed by atoms with E-state index in [-0.39, 0.29) is 35.4 Å². The second-order valence-corrected chi connectivity index (χ2v) is 8.74. The van der Waals surface area contributed by atoms with Crippen LogP contribution in [0.2, 0.25) is 0 Å². The third-order valence-electron chi connectivity index (χ3n) is 4.56. The fourth-order valence-corrected chi connectivity index (χ4v) is 4.18. The maximum atomic E-state index is 12.6. The molecule has 0 fully saturated rings. The number of hydrogen-bond donors (Lipinski definition) is 1. The molecule has 26 heavy (non-hydrogen) atoms. The molecule has 0 aliphatic carbocycles. The summed E-state index contributed by atoms with van der Waals surface area (Å²) in [5.41, 5.74) is 1.62. The number of fused-ring (bicyclic) bond motifs is 1. The van der Waals surface area contributed by atoms with Crippen LogP contribution in [0.15, 0.2) is 46.3 Å². The van der Waals surface area contributed by atoms with Crippen LogP contribution in [0.1, 0.15) is 57.5 Å². The van der Waals surface area contributed by atoms with Gasteiger partial charge >= 0.3 is 0 Å². The van der Waals surface area contributed by atoms with Gasteiger partial charge in [-0.2, -0.15) is 0 Å². The molecule has 2 aromatic rings. The summed E-state index contributed by atoms with van der Waals surface area (Å²) in [6.07, 6.45) is 0.285. The monoisotopic (exact) mass is 371 g/mol. The SMILES string of the molecule is CC(NC(=O)CC1CSc2nc(C(C)(C)C)cc(=O)n21)c1ccccc1. The topological polar surface area (TPSA) is 64.0 Å². The lowest BCUT2D eigenvalue weighted by Crippen LogP contribution is -2.32. The predicted molar refractivity (Wildman–Crippen MR) is 105 cm³/mol. The normalized spacial score (nSPS) is 17.6. The maximum absolute atomic E-state index is 12.6. The standard InChI is InChI=1S/C20H25N3O2S/c1-13(14-8-6-5-7-9-14)21-17(24)10-15-12-26-19-22-16(20(2,3)4)11-18(25)23(15)19/h5-9,11,13,15H,10,12H2,1-4H3,(H,21,24). The Hall–Kier alpha value is -2.08. The number of carbonyl (C=O) groups excluding carboxylic acids is 1. The summed E-state index contributed by atoms with van der Waals surface area (Å²) in [5.74, 6) is 0.648. The van der Waals surface area contributed by atoms with Gasteiger partial charge in [-0.05, 0) is 12.5 Å². The van der Waals surface area contributed by atoms with E-state index in [0.29, 0.717) is 5.75 Å². The summed E-state index contributed by atoms with van der Waals surface area (Å²) in [6, 6.07) is 11.3. The summed E-state index contributed by atoms with van der Waals surface area (Å²) in [5, 5.41) is 3.74. The number of nitrogens with one attached hydrogen (secondary N) is 1. The lowest BCUT2D eigenvalue weighted by molar-refractivity contribution is -0.122. The molecular formula is C20H25N3O2S. The smallest absolute Gasteiger partial charge is 0.254 e. The number of carbonyl (C=O) groups is 1. The lowest BCUT2D eigenvalue weighted by Gasteiger charge is -2.20. The number of nitrogens with zero attached hydrogens (tertiary/aromatic N) is 2. The van der Waals surface area contributed by atoms with Gasteiger partial charge in [0.1, 0.15) is 0 Å². The Morgan fingerprint density at radius 3 is 2.69 bits per heavy atom. The molecule has 1 aliphatic heterocycles. The van der Waals surface area contributed by atoms with Gasteiger partial charge in [0.2, 0.25) is 5.91 Å². The molecule has 2 unspecified atom stereocenters. The van der Waals surface area contributed by atoms with Crippen molar-refractivity contribution < 1.29 is 4.79 Å². The molecule has 0 spiro atoms. The van der Waals surface area contributed by atoms with Gasteiger partial charge in [-0.1, -0.05) is 62.9 Å². The van der Waals surface area contributed by atoms with Crippen molar-refractivity contribution in [3.8, 4) is 0 Å². The lowest BCUT2D eigenvalue weighted by atomic mass is 9.92. The largest absolute Gasteiger partial charge is 0.350 e. The molecule has 5 nitrogen and oxygen atoms in total. The van der Waals surface area contributed by atoms with E-state index >= 15 is 0 Å². The first-order chi connectivity index (χ1) is 12.3. The van der Waals surface area contributed by atoms with E-state index in [1.54, 1.807) is 22.4 Å². The second-order valence-electron chi connectivity index (χ2n) is 7.75. The van der Waals surface area contributed by atoms with Crippen molar-refractivity contribution in [3.63, 3.8) is 0 Å². The quantitative estimate of drug-likeness (QED) is 0.836. The highest BCUT2D eigenvalue weighted by molar-refractivity contribution is 7.99. The van der Waals surface area contributed by atoms with Gasteiger partial charge in [0.25, 0.3) is 5.56 Å². The van der Waals surface area contributed by atoms with Gasteiger partial charge in [0.05, 0.1) is 17.8 Å². The fourth-order valence-electron chi connectivity index (χ4n) is 3.03. The molecule has 1 aliphatic rings. The van der Waals surface area contributed by atoms with E-state index in [0.717, 1.165) is 16.4 Å². The van der Waals surface area contributed by atoms with Crippen molar-refractivity contribution in [1.29, 1.82) is 0 Å². The Kier molecular flexibility index (Phi) is 5.23. The minimum absolute atomic E-state index is 0.0494. The number of benzene rings is 1. The van der Waals surface area contributed by atoms with Gasteiger partial charge in [0, 0.05) is 23.7 Å². The highest BCUT2D eigenvalue weighted by Gasteiger charge is 2.29. The summed E-state index contributed by atoms with van der Waals surface area (Å²) < 4.78 is 1.67. The van der Waals surface area contributed by atoms with Crippen molar-refractivity contribution in [2.45, 2.75) is 56.8 Å². The van der Waals surface area contributed by atoms with E-state index in [1.165, 1.54) is 0 Å². The van der Waals surface area contributed by atoms with Crippen LogP contribution < -0.4 is 10.9 Å². The van der Waals surface area contributed by atoms with Crippen molar-refractivity contribution in [2.75, 3.05) is 5.75 Å². The van der Waals surface area contributed by atoms with Crippen molar-refractivity contribution in [3.05, 3.63) is 58.0 Å². The highest BCUT2D eigenvalue weighted by Crippen LogP contribution is 2.33. The Bertz CT molecular complexity index is 856. The van der Waals surface area contributed by atoms with E-state index < -0.39 is 0 Å². The number of thioether (sulfide) groups is 1. The van der Waals surface area contributed by atoms with Crippen LogP contribution in [0.5, 0.6) is 0 Å². The molecule has 0 saturated heterocycles. The number of amides is 1. The van der Waals surface area contributed by atoms with Crippen LogP contribution in [0, 0.1) is 0 Å². The number of aromatic nitrogens is 2. The van der Waals surface area contributed by atoms with Gasteiger partial charge in [0.15, 0.2) is 5.16 Å². The number of rotatable bonds is 4. The third-order valence-corrected chi connectivity index (χ3v) is 5.65. The summed E-state index contributed by atoms with van der Waals surface area (Å²) in [4.78, 5) is 29.7. The fraction of sp³-hybridized carbons (Fsp3) is 0.450. The van der Waals surface area contributed by atoms with Crippen LogP contribution in [0.4, 0.5) is 0 Å². The Balaban J connectivity index is 1.72. The molecule has 2 atom stereocenters. The Morgan fingerprint density at radius 1 is 1.35 bits per heavy atom. The first-order valence-corrected chi connectivity index (χ1v) is 9.85. The molecule has 0 saturated carbocycles. The molecule has 3 rings (SSSR count). The minimum Gasteiger partial charge on any atom is -0.350 e. The van der Waals surface area contributed by atoms with Crippen molar-refractivity contribution in [2.24, 2.45) is 0 Å². The molecule has 1 aromatic heterocycles. The average Bonchev–Trinajstić information content (AvgIpc) is 2.98. The van der Waals surface area contributed by atoms with Crippen LogP contribution in [0.25, 0.3) is 0 Å². The first-order valence-electron chi connectivity index (χ1n) is 8.87. The predicted octanol–water partition coefficient (Wildman–Crippen LogP) is 3.46. The molecule has 1 N–H and O–H groups in total. The zero-order valence-corrected chi connectivity index (χ0v) is 16.5. The van der Waals surface area contributed by atoms with Gasteiger partial charge in [-0.15, -0.1) is 0 Å². The van der Waals surface area contributed by atoms with Crippen LogP contribution >= 0.6 is 11.8 Å². The van der Waals surface area contributed by atoms with E-state index in [1.807, 2.05) is 58.0 Å². The van der Waals surface area contributed by atoms with Crippen molar-refractivity contribution >= 4 is 17.7 Å². The molecule has 1 aromatic carbocycles. The maximum Gasteiger partial charge on any atom is 0.254 e. The molecule has 138 valence electrons. The zero-order valence-electron chi connectivity index (χ0n) is 15.7. The summed E-state index contributed by atoms with van der Waals surface area (Å²) in [6.45, 7) is 8.10. The van der Waals surface area contributed by atoms with Gasteiger partial charge in [-0.25, -0.2) is 4.98 Å². The summed E-state index contributed by atoms with van der Waals surface area (Å²) >= 11 is 1.55.